The van der Waals surface area contributed by atoms with E-state index in [1.54, 1.807) is 22.8 Å². The van der Waals surface area contributed by atoms with Gasteiger partial charge in [0.15, 0.2) is 5.16 Å². The van der Waals surface area contributed by atoms with Crippen molar-refractivity contribution in [1.29, 1.82) is 0 Å². The summed E-state index contributed by atoms with van der Waals surface area (Å²) in [5.74, 6) is 0.795. The molecule has 2 rings (SSSR count). The minimum absolute atomic E-state index is 0.0513. The number of aromatic nitrogens is 2. The third kappa shape index (κ3) is 5.98. The van der Waals surface area contributed by atoms with Crippen molar-refractivity contribution in [2.75, 3.05) is 6.54 Å². The number of benzene rings is 1. The van der Waals surface area contributed by atoms with E-state index >= 15 is 0 Å². The molecule has 1 aromatic carbocycles. The molecular formula is C20H28ClN3O2S. The van der Waals surface area contributed by atoms with Gasteiger partial charge in [-0.3, -0.25) is 14.2 Å². The topological polar surface area (TPSA) is 64.0 Å². The van der Waals surface area contributed by atoms with E-state index in [9.17, 15) is 9.59 Å². The fraction of sp³-hybridized carbons (Fsp3) is 0.550. The van der Waals surface area contributed by atoms with Crippen LogP contribution in [0.2, 0.25) is 5.02 Å². The third-order valence-corrected chi connectivity index (χ3v) is 5.47. The van der Waals surface area contributed by atoms with E-state index in [4.69, 9.17) is 11.6 Å². The Morgan fingerprint density at radius 1 is 1.22 bits per heavy atom. The average Bonchev–Trinajstić information content (AvgIpc) is 2.58. The lowest BCUT2D eigenvalue weighted by Crippen LogP contribution is -2.34. The summed E-state index contributed by atoms with van der Waals surface area (Å²) in [6.45, 7) is 11.4. The maximum Gasteiger partial charge on any atom is 0.262 e. The van der Waals surface area contributed by atoms with Crippen LogP contribution < -0.4 is 10.9 Å². The highest BCUT2D eigenvalue weighted by Gasteiger charge is 2.19. The SMILES string of the molecule is CC(C)CCn1c(SC(C)C(=O)NCC(C)C)nc2cc(Cl)ccc2c1=O. The van der Waals surface area contributed by atoms with E-state index in [0.29, 0.717) is 46.0 Å². The summed E-state index contributed by atoms with van der Waals surface area (Å²) in [5.41, 5.74) is 0.472. The van der Waals surface area contributed by atoms with E-state index in [0.717, 1.165) is 6.42 Å². The van der Waals surface area contributed by atoms with Gasteiger partial charge >= 0.3 is 0 Å². The molecule has 27 heavy (non-hydrogen) atoms. The lowest BCUT2D eigenvalue weighted by Gasteiger charge is -2.17. The predicted molar refractivity (Wildman–Crippen MR) is 114 cm³/mol. The van der Waals surface area contributed by atoms with Crippen molar-refractivity contribution in [3.63, 3.8) is 0 Å². The molecule has 0 saturated heterocycles. The zero-order valence-electron chi connectivity index (χ0n) is 16.6. The van der Waals surface area contributed by atoms with Gasteiger partial charge in [-0.15, -0.1) is 0 Å². The van der Waals surface area contributed by atoms with Gasteiger partial charge < -0.3 is 5.32 Å². The molecule has 1 heterocycles. The summed E-state index contributed by atoms with van der Waals surface area (Å²) in [5, 5.41) is 4.23. The van der Waals surface area contributed by atoms with Gasteiger partial charge in [-0.2, -0.15) is 0 Å². The number of hydrogen-bond donors (Lipinski definition) is 1. The number of carbonyl (C=O) groups excluding carboxylic acids is 1. The Bertz CT molecular complexity index is 864. The molecule has 7 heteroatoms. The monoisotopic (exact) mass is 409 g/mol. The number of fused-ring (bicyclic) bond motifs is 1. The third-order valence-electron chi connectivity index (χ3n) is 4.15. The number of hydrogen-bond acceptors (Lipinski definition) is 4. The zero-order chi connectivity index (χ0) is 20.1. The molecule has 148 valence electrons. The lowest BCUT2D eigenvalue weighted by molar-refractivity contribution is -0.120. The minimum Gasteiger partial charge on any atom is -0.355 e. The van der Waals surface area contributed by atoms with Crippen LogP contribution >= 0.6 is 23.4 Å². The number of nitrogens with one attached hydrogen (secondary N) is 1. The van der Waals surface area contributed by atoms with Gasteiger partial charge in [0, 0.05) is 18.1 Å². The second-order valence-electron chi connectivity index (χ2n) is 7.59. The number of carbonyl (C=O) groups is 1. The molecule has 0 bridgehead atoms. The van der Waals surface area contributed by atoms with E-state index < -0.39 is 0 Å². The van der Waals surface area contributed by atoms with Crippen molar-refractivity contribution in [3.8, 4) is 0 Å². The van der Waals surface area contributed by atoms with Crippen molar-refractivity contribution in [2.24, 2.45) is 11.8 Å². The first-order chi connectivity index (χ1) is 12.7. The predicted octanol–water partition coefficient (Wildman–Crippen LogP) is 4.35. The second-order valence-corrected chi connectivity index (χ2v) is 9.34. The Kier molecular flexibility index (Phi) is 7.74. The normalized spacial score (nSPS) is 12.7. The molecule has 1 unspecified atom stereocenters. The lowest BCUT2D eigenvalue weighted by atomic mass is 10.1. The number of halogens is 1. The van der Waals surface area contributed by atoms with Crippen LogP contribution in [0.3, 0.4) is 0 Å². The van der Waals surface area contributed by atoms with Gasteiger partial charge in [-0.25, -0.2) is 4.98 Å². The molecule has 1 atom stereocenters. The summed E-state index contributed by atoms with van der Waals surface area (Å²) in [4.78, 5) is 30.0. The van der Waals surface area contributed by atoms with E-state index in [1.165, 1.54) is 11.8 Å². The number of thioether (sulfide) groups is 1. The fourth-order valence-corrected chi connectivity index (χ4v) is 3.63. The molecule has 0 aliphatic heterocycles. The van der Waals surface area contributed by atoms with Gasteiger partial charge in [0.05, 0.1) is 16.2 Å². The highest BCUT2D eigenvalue weighted by molar-refractivity contribution is 8.00. The van der Waals surface area contributed by atoms with Gasteiger partial charge in [-0.05, 0) is 43.4 Å². The van der Waals surface area contributed by atoms with Gasteiger partial charge in [0.2, 0.25) is 5.91 Å². The maximum absolute atomic E-state index is 13.0. The van der Waals surface area contributed by atoms with E-state index in [2.05, 4.69) is 38.0 Å². The van der Waals surface area contributed by atoms with E-state index in [-0.39, 0.29) is 16.7 Å². The fourth-order valence-electron chi connectivity index (χ4n) is 2.51. The molecule has 0 saturated carbocycles. The first-order valence-corrected chi connectivity index (χ1v) is 10.6. The Morgan fingerprint density at radius 2 is 1.93 bits per heavy atom. The second kappa shape index (κ2) is 9.60. The van der Waals surface area contributed by atoms with Gasteiger partial charge in [0.25, 0.3) is 5.56 Å². The standard InChI is InChI=1S/C20H28ClN3O2S/c1-12(2)8-9-24-19(26)16-7-6-15(21)10-17(16)23-20(24)27-14(5)18(25)22-11-13(3)4/h6-7,10,12-14H,8-9,11H2,1-5H3,(H,22,25). The molecule has 1 N–H and O–H groups in total. The van der Waals surface area contributed by atoms with Crippen LogP contribution in [0.5, 0.6) is 0 Å². The highest BCUT2D eigenvalue weighted by Crippen LogP contribution is 2.24. The summed E-state index contributed by atoms with van der Waals surface area (Å²) in [6.07, 6.45) is 0.863. The zero-order valence-corrected chi connectivity index (χ0v) is 18.2. The Hall–Kier alpha value is -1.53. The molecule has 5 nitrogen and oxygen atoms in total. The maximum atomic E-state index is 13.0. The van der Waals surface area contributed by atoms with Crippen molar-refractivity contribution in [3.05, 3.63) is 33.6 Å². The van der Waals surface area contributed by atoms with Crippen molar-refractivity contribution < 1.29 is 4.79 Å². The van der Waals surface area contributed by atoms with Crippen molar-refractivity contribution >= 4 is 40.2 Å². The van der Waals surface area contributed by atoms with E-state index in [1.807, 2.05) is 6.92 Å². The minimum atomic E-state index is -0.349. The first kappa shape index (κ1) is 21.8. The molecule has 0 aliphatic carbocycles. The van der Waals surface area contributed by atoms with Crippen molar-refractivity contribution in [2.45, 2.75) is 58.0 Å². The molecule has 0 radical (unpaired) electrons. The summed E-state index contributed by atoms with van der Waals surface area (Å²) >= 11 is 7.39. The highest BCUT2D eigenvalue weighted by atomic mass is 35.5. The smallest absolute Gasteiger partial charge is 0.262 e. The average molecular weight is 410 g/mol. The molecule has 2 aromatic rings. The molecular weight excluding hydrogens is 382 g/mol. The van der Waals surface area contributed by atoms with Crippen LogP contribution in [0.15, 0.2) is 28.2 Å². The quantitative estimate of drug-likeness (QED) is 0.520. The van der Waals surface area contributed by atoms with Crippen molar-refractivity contribution in [1.82, 2.24) is 14.9 Å². The number of rotatable bonds is 8. The summed E-state index contributed by atoms with van der Waals surface area (Å²) < 4.78 is 1.69. The van der Waals surface area contributed by atoms with Crippen LogP contribution in [0, 0.1) is 11.8 Å². The summed E-state index contributed by atoms with van der Waals surface area (Å²) in [7, 11) is 0. The Morgan fingerprint density at radius 3 is 2.56 bits per heavy atom. The molecule has 0 spiro atoms. The van der Waals surface area contributed by atoms with Crippen LogP contribution in [-0.2, 0) is 11.3 Å². The molecule has 1 amide bonds. The molecule has 0 aliphatic rings. The first-order valence-electron chi connectivity index (χ1n) is 9.33. The number of amides is 1. The largest absolute Gasteiger partial charge is 0.355 e. The van der Waals surface area contributed by atoms with Crippen LogP contribution in [0.1, 0.15) is 41.0 Å². The van der Waals surface area contributed by atoms with Crippen LogP contribution in [0.25, 0.3) is 10.9 Å². The van der Waals surface area contributed by atoms with Gasteiger partial charge in [0.1, 0.15) is 0 Å². The molecule has 0 fully saturated rings. The van der Waals surface area contributed by atoms with Crippen LogP contribution in [-0.4, -0.2) is 27.3 Å². The Labute approximate surface area is 169 Å². The van der Waals surface area contributed by atoms with Gasteiger partial charge in [-0.1, -0.05) is 51.1 Å². The number of nitrogens with zero attached hydrogens (tertiary/aromatic N) is 2. The Balaban J connectivity index is 2.38. The van der Waals surface area contributed by atoms with Crippen LogP contribution in [0.4, 0.5) is 0 Å². The summed E-state index contributed by atoms with van der Waals surface area (Å²) in [6, 6.07) is 5.11. The molecule has 1 aromatic heterocycles.